The quantitative estimate of drug-likeness (QED) is 0.116. The molecule has 4 nitrogen and oxygen atoms in total. The van der Waals surface area contributed by atoms with Crippen LogP contribution < -0.4 is 0 Å². The van der Waals surface area contributed by atoms with Gasteiger partial charge in [0, 0.05) is 13.0 Å². The van der Waals surface area contributed by atoms with E-state index in [1.165, 1.54) is 103 Å². The Labute approximate surface area is 193 Å². The summed E-state index contributed by atoms with van der Waals surface area (Å²) < 4.78 is 10.8. The van der Waals surface area contributed by atoms with Gasteiger partial charge in [0.05, 0.1) is 13.2 Å². The van der Waals surface area contributed by atoms with Crippen LogP contribution in [-0.2, 0) is 14.3 Å². The molecule has 1 atom stereocenters. The number of rotatable bonds is 25. The Morgan fingerprint density at radius 2 is 1.06 bits per heavy atom. The van der Waals surface area contributed by atoms with Crippen molar-refractivity contribution in [2.24, 2.45) is 0 Å². The minimum absolute atomic E-state index is 0.170. The molecule has 0 aromatic carbocycles. The smallest absolute Gasteiger partial charge is 0.306 e. The summed E-state index contributed by atoms with van der Waals surface area (Å²) >= 11 is 0. The van der Waals surface area contributed by atoms with Crippen molar-refractivity contribution in [2.75, 3.05) is 19.8 Å². The second kappa shape index (κ2) is 25.6. The number of aliphatic hydroxyl groups excluding tert-OH is 1. The fourth-order valence-electron chi connectivity index (χ4n) is 3.83. The van der Waals surface area contributed by atoms with Gasteiger partial charge in [-0.05, 0) is 12.8 Å². The van der Waals surface area contributed by atoms with Crippen molar-refractivity contribution in [3.8, 4) is 0 Å². The predicted octanol–water partition coefficient (Wildman–Crippen LogP) is 7.75. The lowest BCUT2D eigenvalue weighted by Gasteiger charge is -2.15. The molecule has 0 radical (unpaired) electrons. The maximum Gasteiger partial charge on any atom is 0.306 e. The lowest BCUT2D eigenvalue weighted by Crippen LogP contribution is -2.27. The Morgan fingerprint density at radius 3 is 1.48 bits per heavy atom. The van der Waals surface area contributed by atoms with E-state index in [0.29, 0.717) is 19.6 Å². The molecule has 0 amide bonds. The number of hydrogen-bond acceptors (Lipinski definition) is 4. The van der Waals surface area contributed by atoms with Crippen molar-refractivity contribution >= 4 is 5.97 Å². The molecule has 0 aliphatic heterocycles. The van der Waals surface area contributed by atoms with E-state index in [2.05, 4.69) is 6.92 Å². The predicted molar refractivity (Wildman–Crippen MR) is 131 cm³/mol. The zero-order valence-corrected chi connectivity index (χ0v) is 21.0. The molecule has 0 spiro atoms. The molecular formula is C27H54O4. The van der Waals surface area contributed by atoms with E-state index in [1.54, 1.807) is 0 Å². The largest absolute Gasteiger partial charge is 0.457 e. The molecular weight excluding hydrogens is 388 g/mol. The van der Waals surface area contributed by atoms with Crippen molar-refractivity contribution in [1.29, 1.82) is 0 Å². The van der Waals surface area contributed by atoms with E-state index in [1.807, 2.05) is 6.92 Å². The molecule has 0 aromatic heterocycles. The van der Waals surface area contributed by atoms with Crippen LogP contribution in [0.2, 0.25) is 0 Å². The first kappa shape index (κ1) is 30.4. The highest BCUT2D eigenvalue weighted by Gasteiger charge is 2.13. The van der Waals surface area contributed by atoms with Gasteiger partial charge in [-0.3, -0.25) is 4.79 Å². The average molecular weight is 443 g/mol. The molecule has 0 aliphatic carbocycles. The molecule has 0 aromatic rings. The third kappa shape index (κ3) is 23.9. The van der Waals surface area contributed by atoms with Gasteiger partial charge in [0.1, 0.15) is 6.10 Å². The highest BCUT2D eigenvalue weighted by atomic mass is 16.6. The second-order valence-electron chi connectivity index (χ2n) is 9.13. The number of unbranched alkanes of at least 4 members (excludes halogenated alkanes) is 17. The zero-order chi connectivity index (χ0) is 22.8. The molecule has 0 fully saturated rings. The Morgan fingerprint density at radius 1 is 0.645 bits per heavy atom. The minimum Gasteiger partial charge on any atom is -0.457 e. The van der Waals surface area contributed by atoms with Gasteiger partial charge in [0.25, 0.3) is 0 Å². The first-order chi connectivity index (χ1) is 15.2. The van der Waals surface area contributed by atoms with E-state index in [9.17, 15) is 9.90 Å². The summed E-state index contributed by atoms with van der Waals surface area (Å²) in [6.45, 7) is 5.13. The molecule has 0 heterocycles. The van der Waals surface area contributed by atoms with Crippen molar-refractivity contribution in [1.82, 2.24) is 0 Å². The normalized spacial score (nSPS) is 12.2. The van der Waals surface area contributed by atoms with Crippen molar-refractivity contribution in [3.63, 3.8) is 0 Å². The third-order valence-electron chi connectivity index (χ3n) is 5.93. The van der Waals surface area contributed by atoms with Gasteiger partial charge in [-0.25, -0.2) is 0 Å². The van der Waals surface area contributed by atoms with Crippen LogP contribution in [0, 0.1) is 0 Å². The standard InChI is InChI=1S/C27H54O4/c1-3-5-7-8-9-10-11-12-13-14-15-16-17-18-19-20-21-23-30-25-26(24-28)31-27(29)22-6-4-2/h26,28H,3-25H2,1-2H3. The van der Waals surface area contributed by atoms with E-state index >= 15 is 0 Å². The summed E-state index contributed by atoms with van der Waals surface area (Å²) in [7, 11) is 0. The summed E-state index contributed by atoms with van der Waals surface area (Å²) in [5.41, 5.74) is 0. The fraction of sp³-hybridized carbons (Fsp3) is 0.963. The Balaban J connectivity index is 3.24. The minimum atomic E-state index is -0.518. The van der Waals surface area contributed by atoms with Crippen LogP contribution in [0.25, 0.3) is 0 Å². The zero-order valence-electron chi connectivity index (χ0n) is 21.0. The number of aliphatic hydroxyl groups is 1. The second-order valence-corrected chi connectivity index (χ2v) is 9.13. The average Bonchev–Trinajstić information content (AvgIpc) is 2.78. The van der Waals surface area contributed by atoms with Gasteiger partial charge in [-0.15, -0.1) is 0 Å². The lowest BCUT2D eigenvalue weighted by atomic mass is 10.0. The number of esters is 1. The van der Waals surface area contributed by atoms with Gasteiger partial charge in [0.2, 0.25) is 0 Å². The van der Waals surface area contributed by atoms with Crippen molar-refractivity contribution in [2.45, 2.75) is 148 Å². The van der Waals surface area contributed by atoms with Crippen LogP contribution in [0.15, 0.2) is 0 Å². The number of carbonyl (C=O) groups excluding carboxylic acids is 1. The van der Waals surface area contributed by atoms with Gasteiger partial charge in [-0.2, -0.15) is 0 Å². The molecule has 186 valence electrons. The van der Waals surface area contributed by atoms with E-state index in [-0.39, 0.29) is 12.6 Å². The molecule has 0 saturated heterocycles. The van der Waals surface area contributed by atoms with Gasteiger partial charge in [0.15, 0.2) is 0 Å². The maximum absolute atomic E-state index is 11.6. The fourth-order valence-corrected chi connectivity index (χ4v) is 3.83. The molecule has 31 heavy (non-hydrogen) atoms. The topological polar surface area (TPSA) is 55.8 Å². The van der Waals surface area contributed by atoms with E-state index in [4.69, 9.17) is 9.47 Å². The molecule has 4 heteroatoms. The van der Waals surface area contributed by atoms with E-state index in [0.717, 1.165) is 19.3 Å². The van der Waals surface area contributed by atoms with Gasteiger partial charge < -0.3 is 14.6 Å². The van der Waals surface area contributed by atoms with Crippen LogP contribution in [0.5, 0.6) is 0 Å². The number of hydrogen-bond donors (Lipinski definition) is 1. The highest BCUT2D eigenvalue weighted by molar-refractivity contribution is 5.69. The monoisotopic (exact) mass is 442 g/mol. The van der Waals surface area contributed by atoms with Crippen LogP contribution in [-0.4, -0.2) is 37.0 Å². The Kier molecular flexibility index (Phi) is 25.1. The molecule has 0 aliphatic rings. The number of carbonyl (C=O) groups is 1. The van der Waals surface area contributed by atoms with Gasteiger partial charge >= 0.3 is 5.97 Å². The molecule has 0 rings (SSSR count). The van der Waals surface area contributed by atoms with Gasteiger partial charge in [-0.1, -0.05) is 123 Å². The molecule has 1 N–H and O–H groups in total. The van der Waals surface area contributed by atoms with Crippen molar-refractivity contribution in [3.05, 3.63) is 0 Å². The van der Waals surface area contributed by atoms with E-state index < -0.39 is 6.10 Å². The first-order valence-corrected chi connectivity index (χ1v) is 13.6. The maximum atomic E-state index is 11.6. The van der Waals surface area contributed by atoms with Crippen LogP contribution in [0.3, 0.4) is 0 Å². The summed E-state index contributed by atoms with van der Waals surface area (Å²) in [5.74, 6) is -0.234. The van der Waals surface area contributed by atoms with Crippen LogP contribution in [0.4, 0.5) is 0 Å². The SMILES string of the molecule is CCCCCCCCCCCCCCCCCCCOCC(CO)OC(=O)CCCC. The summed E-state index contributed by atoms with van der Waals surface area (Å²) in [6.07, 6.45) is 24.9. The molecule has 0 bridgehead atoms. The highest BCUT2D eigenvalue weighted by Crippen LogP contribution is 2.14. The lowest BCUT2D eigenvalue weighted by molar-refractivity contribution is -0.154. The molecule has 1 unspecified atom stereocenters. The number of ether oxygens (including phenoxy) is 2. The summed E-state index contributed by atoms with van der Waals surface area (Å²) in [4.78, 5) is 11.6. The summed E-state index contributed by atoms with van der Waals surface area (Å²) in [6, 6.07) is 0. The molecule has 0 saturated carbocycles. The van der Waals surface area contributed by atoms with Crippen molar-refractivity contribution < 1.29 is 19.4 Å². The summed E-state index contributed by atoms with van der Waals surface area (Å²) in [5, 5.41) is 9.29. The van der Waals surface area contributed by atoms with Crippen LogP contribution in [0.1, 0.15) is 142 Å². The third-order valence-corrected chi connectivity index (χ3v) is 5.93. The Hall–Kier alpha value is -0.610. The first-order valence-electron chi connectivity index (χ1n) is 13.6. The Bertz CT molecular complexity index is 359. The van der Waals surface area contributed by atoms with Crippen LogP contribution >= 0.6 is 0 Å².